The molecule has 0 aromatic rings. The Labute approximate surface area is 220 Å². The van der Waals surface area contributed by atoms with Crippen LogP contribution in [0.4, 0.5) is 0 Å². The highest BCUT2D eigenvalue weighted by molar-refractivity contribution is 7.85. The fourth-order valence-corrected chi connectivity index (χ4v) is 4.73. The third-order valence-corrected chi connectivity index (χ3v) is 7.02. The molecule has 0 aliphatic heterocycles. The predicted octanol–water partition coefficient (Wildman–Crippen LogP) is 5.86. The summed E-state index contributed by atoms with van der Waals surface area (Å²) in [5, 5.41) is 23.0. The summed E-state index contributed by atoms with van der Waals surface area (Å²) in [6.45, 7) is 4.38. The van der Waals surface area contributed by atoms with Crippen molar-refractivity contribution in [3.63, 3.8) is 0 Å². The van der Waals surface area contributed by atoms with E-state index in [0.717, 1.165) is 32.1 Å². The van der Waals surface area contributed by atoms with Crippen LogP contribution in [0.5, 0.6) is 0 Å². The summed E-state index contributed by atoms with van der Waals surface area (Å²) < 4.78 is 32.0. The van der Waals surface area contributed by atoms with Crippen LogP contribution >= 0.6 is 0 Å². The first-order valence-corrected chi connectivity index (χ1v) is 15.8. The quantitative estimate of drug-likeness (QED) is 0.0702. The van der Waals surface area contributed by atoms with E-state index in [4.69, 9.17) is 0 Å². The zero-order valence-corrected chi connectivity index (χ0v) is 23.6. The molecule has 4 N–H and O–H groups in total. The third kappa shape index (κ3) is 22.0. The minimum Gasteiger partial charge on any atom is -0.387 e. The van der Waals surface area contributed by atoms with Crippen molar-refractivity contribution < 1.29 is 28.0 Å². The highest BCUT2D eigenvalue weighted by Crippen LogP contribution is 2.12. The summed E-state index contributed by atoms with van der Waals surface area (Å²) in [4.78, 5) is 12.4. The first kappa shape index (κ1) is 34.8. The van der Waals surface area contributed by atoms with Crippen molar-refractivity contribution >= 4 is 16.0 Å². The van der Waals surface area contributed by atoms with Crippen LogP contribution in [0.15, 0.2) is 24.3 Å². The average molecular weight is 532 g/mol. The van der Waals surface area contributed by atoms with E-state index in [-0.39, 0.29) is 6.42 Å². The number of nitrogens with one attached hydrogen (secondary N) is 1. The summed E-state index contributed by atoms with van der Waals surface area (Å²) >= 11 is 0. The Bertz CT molecular complexity index is 692. The van der Waals surface area contributed by atoms with Gasteiger partial charge in [0.05, 0.1) is 17.9 Å². The Kier molecular flexibility index (Phi) is 22.2. The van der Waals surface area contributed by atoms with Gasteiger partial charge < -0.3 is 15.5 Å². The Morgan fingerprint density at radius 2 is 1.25 bits per heavy atom. The molecule has 36 heavy (non-hydrogen) atoms. The molecule has 8 heteroatoms. The molecule has 0 spiro atoms. The monoisotopic (exact) mass is 531 g/mol. The number of aliphatic hydroxyl groups is 2. The van der Waals surface area contributed by atoms with Crippen molar-refractivity contribution in [2.24, 2.45) is 0 Å². The number of carbonyl (C=O) groups excluding carboxylic acids is 1. The summed E-state index contributed by atoms with van der Waals surface area (Å²) in [7, 11) is -4.43. The maximum absolute atomic E-state index is 12.4. The maximum Gasteiger partial charge on any atom is 0.267 e. The summed E-state index contributed by atoms with van der Waals surface area (Å²) in [6, 6.07) is -1.24. The van der Waals surface area contributed by atoms with E-state index < -0.39 is 40.0 Å². The molecule has 0 saturated carbocycles. The molecule has 7 nitrogen and oxygen atoms in total. The van der Waals surface area contributed by atoms with Crippen LogP contribution < -0.4 is 5.32 Å². The van der Waals surface area contributed by atoms with E-state index in [2.05, 4.69) is 31.3 Å². The van der Waals surface area contributed by atoms with Gasteiger partial charge in [-0.1, -0.05) is 115 Å². The summed E-state index contributed by atoms with van der Waals surface area (Å²) in [5.74, 6) is -1.56. The van der Waals surface area contributed by atoms with Crippen molar-refractivity contribution in [1.29, 1.82) is 0 Å². The molecule has 0 rings (SSSR count). The smallest absolute Gasteiger partial charge is 0.267 e. The van der Waals surface area contributed by atoms with Gasteiger partial charge in [0.25, 0.3) is 10.1 Å². The topological polar surface area (TPSA) is 124 Å². The van der Waals surface area contributed by atoms with Gasteiger partial charge in [-0.2, -0.15) is 8.42 Å². The molecule has 0 bridgehead atoms. The van der Waals surface area contributed by atoms with Crippen LogP contribution in [0.2, 0.25) is 0 Å². The number of amides is 1. The van der Waals surface area contributed by atoms with E-state index in [1.165, 1.54) is 63.9 Å². The van der Waals surface area contributed by atoms with E-state index >= 15 is 0 Å². The first-order chi connectivity index (χ1) is 17.2. The molecular formula is C28H53NO6S. The Morgan fingerprint density at radius 1 is 0.750 bits per heavy atom. The summed E-state index contributed by atoms with van der Waals surface area (Å²) in [6.07, 6.45) is 22.6. The number of aliphatic hydroxyl groups excluding tert-OH is 2. The number of allylic oxidation sites excluding steroid dienone is 3. The van der Waals surface area contributed by atoms with Gasteiger partial charge in [0.1, 0.15) is 6.10 Å². The normalized spacial score (nSPS) is 14.9. The second kappa shape index (κ2) is 22.9. The number of hydrogen-bond acceptors (Lipinski definition) is 5. The second-order valence-electron chi connectivity index (χ2n) is 9.81. The maximum atomic E-state index is 12.4. The van der Waals surface area contributed by atoms with Gasteiger partial charge in [-0.25, -0.2) is 0 Å². The molecular weight excluding hydrogens is 478 g/mol. The fourth-order valence-electron chi connectivity index (χ4n) is 4.00. The molecule has 0 radical (unpaired) electrons. The lowest BCUT2D eigenvalue weighted by molar-refractivity contribution is -0.130. The van der Waals surface area contributed by atoms with Crippen molar-refractivity contribution in [3.8, 4) is 0 Å². The zero-order chi connectivity index (χ0) is 27.1. The van der Waals surface area contributed by atoms with Gasteiger partial charge >= 0.3 is 0 Å². The molecule has 0 aromatic carbocycles. The predicted molar refractivity (Wildman–Crippen MR) is 148 cm³/mol. The molecule has 0 aliphatic rings. The number of rotatable bonds is 24. The average Bonchev–Trinajstić information content (AvgIpc) is 2.82. The van der Waals surface area contributed by atoms with Crippen LogP contribution in [0.25, 0.3) is 0 Å². The van der Waals surface area contributed by atoms with Gasteiger partial charge in [-0.15, -0.1) is 0 Å². The molecule has 0 fully saturated rings. The summed E-state index contributed by atoms with van der Waals surface area (Å²) in [5.41, 5.74) is 0. The first-order valence-electron chi connectivity index (χ1n) is 14.1. The lowest BCUT2D eigenvalue weighted by Crippen LogP contribution is -2.50. The number of hydrogen-bond donors (Lipinski definition) is 4. The van der Waals surface area contributed by atoms with Crippen LogP contribution in [0.3, 0.4) is 0 Å². The highest BCUT2D eigenvalue weighted by atomic mass is 32.2. The molecule has 0 heterocycles. The Hall–Kier alpha value is -1.22. The molecule has 0 aromatic heterocycles. The Morgan fingerprint density at radius 3 is 1.83 bits per heavy atom. The van der Waals surface area contributed by atoms with Crippen LogP contribution in [-0.2, 0) is 14.9 Å². The largest absolute Gasteiger partial charge is 0.387 e. The lowest BCUT2D eigenvalue weighted by atomic mass is 10.0. The fraction of sp³-hybridized carbons (Fsp3) is 0.821. The van der Waals surface area contributed by atoms with Gasteiger partial charge in [0.15, 0.2) is 0 Å². The molecule has 3 unspecified atom stereocenters. The van der Waals surface area contributed by atoms with E-state index in [0.29, 0.717) is 12.8 Å². The van der Waals surface area contributed by atoms with Crippen molar-refractivity contribution in [1.82, 2.24) is 5.32 Å². The highest BCUT2D eigenvalue weighted by Gasteiger charge is 2.27. The van der Waals surface area contributed by atoms with Gasteiger partial charge in [0, 0.05) is 0 Å². The SMILES string of the molecule is CCCCCCC/C=C/CC/C=C/C(O)C(CS(=O)(=O)O)NC(=O)C(O)CCCCCCCCCC. The molecule has 0 aliphatic carbocycles. The zero-order valence-electron chi connectivity index (χ0n) is 22.7. The van der Waals surface area contributed by atoms with E-state index in [1.807, 2.05) is 0 Å². The van der Waals surface area contributed by atoms with E-state index in [9.17, 15) is 28.0 Å². The van der Waals surface area contributed by atoms with Crippen LogP contribution in [-0.4, -0.2) is 53.1 Å². The van der Waals surface area contributed by atoms with Crippen molar-refractivity contribution in [2.45, 2.75) is 141 Å². The minimum absolute atomic E-state index is 0.274. The van der Waals surface area contributed by atoms with Crippen molar-refractivity contribution in [2.75, 3.05) is 5.75 Å². The van der Waals surface area contributed by atoms with Crippen LogP contribution in [0.1, 0.15) is 123 Å². The van der Waals surface area contributed by atoms with Gasteiger partial charge in [-0.05, 0) is 32.1 Å². The number of unbranched alkanes of at least 4 members (excludes halogenated alkanes) is 13. The van der Waals surface area contributed by atoms with Gasteiger partial charge in [0.2, 0.25) is 5.91 Å². The minimum atomic E-state index is -4.43. The second-order valence-corrected chi connectivity index (χ2v) is 11.3. The van der Waals surface area contributed by atoms with Gasteiger partial charge in [-0.3, -0.25) is 9.35 Å². The Balaban J connectivity index is 4.40. The van der Waals surface area contributed by atoms with E-state index in [1.54, 1.807) is 6.08 Å². The van der Waals surface area contributed by atoms with Crippen LogP contribution in [0, 0.1) is 0 Å². The molecule has 1 amide bonds. The molecule has 212 valence electrons. The number of carbonyl (C=O) groups is 1. The lowest BCUT2D eigenvalue weighted by Gasteiger charge is -2.22. The standard InChI is InChI=1S/C28H53NO6S/c1-3-5-7-9-11-13-14-15-17-18-20-22-26(30)25(24-36(33,34)35)29-28(32)27(31)23-21-19-16-12-10-8-6-4-2/h14-15,20,22,25-27,30-31H,3-13,16-19,21,23-24H2,1-2H3,(H,29,32)(H,33,34,35)/b15-14+,22-20+. The third-order valence-electron chi connectivity index (χ3n) is 6.24. The van der Waals surface area contributed by atoms with Crippen molar-refractivity contribution in [3.05, 3.63) is 24.3 Å². The molecule has 0 saturated heterocycles. The molecule has 3 atom stereocenters.